The number of aryl methyl sites for hydroxylation is 1. The average molecular weight is 363 g/mol. The molecular weight excluding hydrogens is 341 g/mol. The zero-order valence-electron chi connectivity index (χ0n) is 14.3. The molecule has 0 aliphatic heterocycles. The van der Waals surface area contributed by atoms with Crippen LogP contribution in [0.1, 0.15) is 31.5 Å². The van der Waals surface area contributed by atoms with Crippen LogP contribution in [-0.4, -0.2) is 27.7 Å². The van der Waals surface area contributed by atoms with Crippen LogP contribution in [-0.2, 0) is 17.6 Å². The van der Waals surface area contributed by atoms with Crippen molar-refractivity contribution in [3.05, 3.63) is 57.8 Å². The summed E-state index contributed by atoms with van der Waals surface area (Å²) in [6, 6.07) is 7.70. The van der Waals surface area contributed by atoms with E-state index in [4.69, 9.17) is 0 Å². The fraction of sp³-hybridized carbons (Fsp3) is 0.389. The first-order chi connectivity index (χ1) is 12.0. The van der Waals surface area contributed by atoms with Crippen LogP contribution in [0.15, 0.2) is 40.3 Å². The van der Waals surface area contributed by atoms with E-state index in [1.165, 1.54) is 30.0 Å². The van der Waals surface area contributed by atoms with Gasteiger partial charge in [0, 0.05) is 18.3 Å². The van der Waals surface area contributed by atoms with Crippen LogP contribution in [0, 0.1) is 5.82 Å². The fourth-order valence-electron chi connectivity index (χ4n) is 2.27. The number of carbonyl (C=O) groups is 1. The molecule has 0 saturated carbocycles. The lowest BCUT2D eigenvalue weighted by atomic mass is 10.1. The third-order valence-electron chi connectivity index (χ3n) is 3.56. The van der Waals surface area contributed by atoms with E-state index in [2.05, 4.69) is 15.3 Å². The molecule has 5 nitrogen and oxygen atoms in total. The Morgan fingerprint density at radius 3 is 2.72 bits per heavy atom. The Morgan fingerprint density at radius 2 is 2.04 bits per heavy atom. The summed E-state index contributed by atoms with van der Waals surface area (Å²) in [7, 11) is 0. The molecular formula is C18H22FN3O2S. The van der Waals surface area contributed by atoms with E-state index in [1.807, 2.05) is 6.92 Å². The van der Waals surface area contributed by atoms with E-state index in [-0.39, 0.29) is 22.5 Å². The molecule has 7 heteroatoms. The second-order valence-corrected chi connectivity index (χ2v) is 7.05. The van der Waals surface area contributed by atoms with Crippen molar-refractivity contribution in [2.45, 2.75) is 43.5 Å². The van der Waals surface area contributed by atoms with Crippen LogP contribution < -0.4 is 10.9 Å². The van der Waals surface area contributed by atoms with Gasteiger partial charge in [0.1, 0.15) is 5.82 Å². The van der Waals surface area contributed by atoms with Crippen LogP contribution in [0.4, 0.5) is 4.39 Å². The number of carbonyl (C=O) groups excluding carboxylic acids is 1. The zero-order chi connectivity index (χ0) is 18.2. The summed E-state index contributed by atoms with van der Waals surface area (Å²) >= 11 is 1.23. The summed E-state index contributed by atoms with van der Waals surface area (Å²) in [4.78, 5) is 30.9. The SMILES string of the molecule is CCCc1cc(=O)[nH]c(S[C@@H](C)C(=O)NCCc2ccc(F)cc2)n1. The molecule has 1 aromatic heterocycles. The maximum atomic E-state index is 12.9. The maximum absolute atomic E-state index is 12.9. The van der Waals surface area contributed by atoms with Crippen molar-refractivity contribution in [2.75, 3.05) is 6.54 Å². The molecule has 1 heterocycles. The monoisotopic (exact) mass is 363 g/mol. The van der Waals surface area contributed by atoms with E-state index >= 15 is 0 Å². The quantitative estimate of drug-likeness (QED) is 0.559. The third-order valence-corrected chi connectivity index (χ3v) is 4.55. The molecule has 0 saturated heterocycles. The molecule has 25 heavy (non-hydrogen) atoms. The number of nitrogens with one attached hydrogen (secondary N) is 2. The summed E-state index contributed by atoms with van der Waals surface area (Å²) in [5, 5.41) is 2.92. The van der Waals surface area contributed by atoms with Gasteiger partial charge in [-0.3, -0.25) is 9.59 Å². The number of benzene rings is 1. The second-order valence-electron chi connectivity index (χ2n) is 5.72. The van der Waals surface area contributed by atoms with Gasteiger partial charge in [0.15, 0.2) is 5.16 Å². The van der Waals surface area contributed by atoms with Crippen molar-refractivity contribution < 1.29 is 9.18 Å². The standard InChI is InChI=1S/C18H22FN3O2S/c1-3-4-15-11-16(23)22-18(21-15)25-12(2)17(24)20-10-9-13-5-7-14(19)8-6-13/h5-8,11-12H,3-4,9-10H2,1-2H3,(H,20,24)(H,21,22,23)/t12-/m0/s1. The van der Waals surface area contributed by atoms with Gasteiger partial charge < -0.3 is 10.3 Å². The second kappa shape index (κ2) is 9.36. The van der Waals surface area contributed by atoms with Crippen LogP contribution in [0.5, 0.6) is 0 Å². The number of aromatic nitrogens is 2. The number of nitrogens with zero attached hydrogens (tertiary/aromatic N) is 1. The first-order valence-electron chi connectivity index (χ1n) is 8.27. The highest BCUT2D eigenvalue weighted by molar-refractivity contribution is 8.00. The highest BCUT2D eigenvalue weighted by Crippen LogP contribution is 2.18. The van der Waals surface area contributed by atoms with Crippen LogP contribution in [0.25, 0.3) is 0 Å². The van der Waals surface area contributed by atoms with Gasteiger partial charge in [-0.1, -0.05) is 37.2 Å². The summed E-state index contributed by atoms with van der Waals surface area (Å²) in [6.07, 6.45) is 2.26. The number of aromatic amines is 1. The van der Waals surface area contributed by atoms with Crippen LogP contribution >= 0.6 is 11.8 Å². The highest BCUT2D eigenvalue weighted by atomic mass is 32.2. The minimum Gasteiger partial charge on any atom is -0.355 e. The minimum atomic E-state index is -0.381. The molecule has 0 aliphatic carbocycles. The van der Waals surface area contributed by atoms with Crippen molar-refractivity contribution in [3.63, 3.8) is 0 Å². The number of hydrogen-bond acceptors (Lipinski definition) is 4. The lowest BCUT2D eigenvalue weighted by Crippen LogP contribution is -2.32. The van der Waals surface area contributed by atoms with Gasteiger partial charge >= 0.3 is 0 Å². The number of rotatable bonds is 8. The number of hydrogen-bond donors (Lipinski definition) is 2. The molecule has 0 aliphatic rings. The van der Waals surface area contributed by atoms with Crippen LogP contribution in [0.3, 0.4) is 0 Å². The molecule has 1 amide bonds. The lowest BCUT2D eigenvalue weighted by molar-refractivity contribution is -0.120. The molecule has 0 unspecified atom stereocenters. The normalized spacial score (nSPS) is 12.0. The van der Waals surface area contributed by atoms with E-state index in [1.54, 1.807) is 19.1 Å². The molecule has 2 N–H and O–H groups in total. The Kier molecular flexibility index (Phi) is 7.18. The molecule has 0 radical (unpaired) electrons. The van der Waals surface area contributed by atoms with E-state index in [9.17, 15) is 14.0 Å². The van der Waals surface area contributed by atoms with Gasteiger partial charge in [-0.25, -0.2) is 9.37 Å². The fourth-order valence-corrected chi connectivity index (χ4v) is 3.12. The Balaban J connectivity index is 1.85. The van der Waals surface area contributed by atoms with E-state index in [0.717, 1.165) is 24.1 Å². The first-order valence-corrected chi connectivity index (χ1v) is 9.15. The molecule has 134 valence electrons. The van der Waals surface area contributed by atoms with Crippen molar-refractivity contribution in [1.29, 1.82) is 0 Å². The molecule has 1 aromatic carbocycles. The third kappa shape index (κ3) is 6.34. The topological polar surface area (TPSA) is 74.8 Å². The summed E-state index contributed by atoms with van der Waals surface area (Å²) < 4.78 is 12.9. The Hall–Kier alpha value is -2.15. The lowest BCUT2D eigenvalue weighted by Gasteiger charge is -2.12. The minimum absolute atomic E-state index is 0.129. The predicted octanol–water partition coefficient (Wildman–Crippen LogP) is 2.70. The largest absolute Gasteiger partial charge is 0.355 e. The van der Waals surface area contributed by atoms with Gasteiger partial charge in [-0.15, -0.1) is 0 Å². The number of H-pyrrole nitrogens is 1. The number of thioether (sulfide) groups is 1. The molecule has 1 atom stereocenters. The zero-order valence-corrected chi connectivity index (χ0v) is 15.2. The van der Waals surface area contributed by atoms with Crippen molar-refractivity contribution in [1.82, 2.24) is 15.3 Å². The molecule has 2 rings (SSSR count). The first kappa shape index (κ1) is 19.2. The van der Waals surface area contributed by atoms with Crippen molar-refractivity contribution in [2.24, 2.45) is 0 Å². The summed E-state index contributed by atoms with van der Waals surface area (Å²) in [5.41, 5.74) is 1.49. The Bertz CT molecular complexity index is 762. The van der Waals surface area contributed by atoms with Crippen LogP contribution in [0.2, 0.25) is 0 Å². The number of amides is 1. The Labute approximate surface area is 150 Å². The molecule has 2 aromatic rings. The van der Waals surface area contributed by atoms with E-state index in [0.29, 0.717) is 18.1 Å². The van der Waals surface area contributed by atoms with Crippen molar-refractivity contribution >= 4 is 17.7 Å². The van der Waals surface area contributed by atoms with Gasteiger partial charge in [-0.2, -0.15) is 0 Å². The molecule has 0 bridgehead atoms. The Morgan fingerprint density at radius 1 is 1.32 bits per heavy atom. The smallest absolute Gasteiger partial charge is 0.251 e. The molecule has 0 fully saturated rings. The molecule has 0 spiro atoms. The predicted molar refractivity (Wildman–Crippen MR) is 97.3 cm³/mol. The summed E-state index contributed by atoms with van der Waals surface area (Å²) in [5.74, 6) is -0.403. The highest BCUT2D eigenvalue weighted by Gasteiger charge is 2.15. The average Bonchev–Trinajstić information content (AvgIpc) is 2.56. The van der Waals surface area contributed by atoms with Crippen molar-refractivity contribution in [3.8, 4) is 0 Å². The van der Waals surface area contributed by atoms with Gasteiger partial charge in [0.25, 0.3) is 5.56 Å². The maximum Gasteiger partial charge on any atom is 0.251 e. The van der Waals surface area contributed by atoms with Gasteiger partial charge in [0.2, 0.25) is 5.91 Å². The summed E-state index contributed by atoms with van der Waals surface area (Å²) in [6.45, 7) is 4.26. The van der Waals surface area contributed by atoms with E-state index < -0.39 is 0 Å². The van der Waals surface area contributed by atoms with Gasteiger partial charge in [0.05, 0.1) is 5.25 Å². The van der Waals surface area contributed by atoms with Gasteiger partial charge in [-0.05, 0) is 37.5 Å². The number of halogens is 1.